The molecule has 4 heteroatoms. The fourth-order valence-corrected chi connectivity index (χ4v) is 4.83. The number of pyridine rings is 1. The van der Waals surface area contributed by atoms with Gasteiger partial charge in [0.25, 0.3) is 0 Å². The molecular weight excluding hydrogens is 487 g/mol. The topological polar surface area (TPSA) is 7.12 Å². The van der Waals surface area contributed by atoms with E-state index in [9.17, 15) is 0 Å². The summed E-state index contributed by atoms with van der Waals surface area (Å²) in [4.78, 5) is 3.59. The fraction of sp³-hybridized carbons (Fsp3) is 0.0800. The van der Waals surface area contributed by atoms with Gasteiger partial charge in [0.15, 0.2) is 12.7 Å². The Balaban J connectivity index is 0.00000205. The maximum atomic E-state index is 2.33. The summed E-state index contributed by atoms with van der Waals surface area (Å²) < 4.78 is 2.33. The molecule has 3 aromatic carbocycles. The van der Waals surface area contributed by atoms with Crippen molar-refractivity contribution < 1.29 is 28.5 Å². The minimum atomic E-state index is 0. The summed E-state index contributed by atoms with van der Waals surface area (Å²) in [6.07, 6.45) is 4.51. The molecule has 1 aliphatic heterocycles. The molecule has 0 saturated carbocycles. The monoisotopic (exact) mass is 508 g/mol. The number of para-hydroxylation sites is 2. The van der Waals surface area contributed by atoms with Crippen LogP contribution in [0.25, 0.3) is 17.0 Å². The molecule has 0 radical (unpaired) electrons. The number of hydrogen-bond acceptors (Lipinski definition) is 2. The zero-order valence-corrected chi connectivity index (χ0v) is 19.1. The van der Waals surface area contributed by atoms with Crippen molar-refractivity contribution in [1.29, 1.82) is 0 Å². The SMILES string of the molecule is CN1/C(=C/c2cc[n+](Cc3ccccc3)c3ccccc23)Sc2ccccc21.[I-]. The molecule has 2 nitrogen and oxygen atoms in total. The molecule has 144 valence electrons. The van der Waals surface area contributed by atoms with Crippen molar-refractivity contribution in [2.75, 3.05) is 11.9 Å². The van der Waals surface area contributed by atoms with Crippen molar-refractivity contribution in [3.63, 3.8) is 0 Å². The van der Waals surface area contributed by atoms with Gasteiger partial charge >= 0.3 is 0 Å². The summed E-state index contributed by atoms with van der Waals surface area (Å²) >= 11 is 1.83. The van der Waals surface area contributed by atoms with E-state index in [1.165, 1.54) is 37.6 Å². The number of anilines is 1. The van der Waals surface area contributed by atoms with E-state index in [2.05, 4.69) is 114 Å². The Bertz CT molecular complexity index is 1190. The molecule has 0 atom stereocenters. The molecule has 0 spiro atoms. The highest BCUT2D eigenvalue weighted by Crippen LogP contribution is 2.45. The zero-order valence-electron chi connectivity index (χ0n) is 16.1. The second kappa shape index (κ2) is 8.59. The van der Waals surface area contributed by atoms with Crippen LogP contribution in [0.15, 0.2) is 101 Å². The van der Waals surface area contributed by atoms with Gasteiger partial charge in [-0.3, -0.25) is 0 Å². The van der Waals surface area contributed by atoms with E-state index in [1.54, 1.807) is 0 Å². The molecule has 0 N–H and O–H groups in total. The van der Waals surface area contributed by atoms with Crippen LogP contribution in [0.5, 0.6) is 0 Å². The van der Waals surface area contributed by atoms with Gasteiger partial charge in [0, 0.05) is 29.6 Å². The summed E-state index contributed by atoms with van der Waals surface area (Å²) in [7, 11) is 2.14. The Morgan fingerprint density at radius 1 is 0.862 bits per heavy atom. The molecule has 2 heterocycles. The number of fused-ring (bicyclic) bond motifs is 2. The van der Waals surface area contributed by atoms with Gasteiger partial charge in [0.05, 0.1) is 16.1 Å². The van der Waals surface area contributed by atoms with Crippen molar-refractivity contribution in [1.82, 2.24) is 0 Å². The number of rotatable bonds is 3. The molecule has 29 heavy (non-hydrogen) atoms. The lowest BCUT2D eigenvalue weighted by atomic mass is 10.1. The van der Waals surface area contributed by atoms with Crippen LogP contribution < -0.4 is 33.4 Å². The number of thioether (sulfide) groups is 1. The number of aromatic nitrogens is 1. The van der Waals surface area contributed by atoms with Crippen molar-refractivity contribution >= 4 is 34.4 Å². The van der Waals surface area contributed by atoms with Crippen molar-refractivity contribution in [3.05, 3.63) is 107 Å². The normalized spacial score (nSPS) is 14.1. The lowest BCUT2D eigenvalue weighted by Crippen LogP contribution is -3.00. The van der Waals surface area contributed by atoms with Crippen LogP contribution in [0, 0.1) is 0 Å². The lowest BCUT2D eigenvalue weighted by Gasteiger charge is -2.13. The zero-order chi connectivity index (χ0) is 18.9. The van der Waals surface area contributed by atoms with Crippen molar-refractivity contribution in [3.8, 4) is 0 Å². The third-order valence-electron chi connectivity index (χ3n) is 5.20. The molecule has 0 saturated heterocycles. The van der Waals surface area contributed by atoms with Gasteiger partial charge in [-0.25, -0.2) is 0 Å². The first kappa shape index (κ1) is 20.0. The van der Waals surface area contributed by atoms with E-state index in [0.29, 0.717) is 0 Å². The number of benzene rings is 3. The van der Waals surface area contributed by atoms with E-state index >= 15 is 0 Å². The molecule has 0 amide bonds. The summed E-state index contributed by atoms with van der Waals surface area (Å²) in [6, 6.07) is 30.1. The van der Waals surface area contributed by atoms with Gasteiger partial charge in [-0.15, -0.1) is 0 Å². The van der Waals surface area contributed by atoms with E-state index in [-0.39, 0.29) is 24.0 Å². The van der Waals surface area contributed by atoms with E-state index in [1.807, 2.05) is 11.8 Å². The third kappa shape index (κ3) is 3.91. The maximum Gasteiger partial charge on any atom is 0.213 e. The molecule has 5 rings (SSSR count). The van der Waals surface area contributed by atoms with Gasteiger partial charge in [0.1, 0.15) is 0 Å². The minimum absolute atomic E-state index is 0. The van der Waals surface area contributed by atoms with Crippen LogP contribution in [0.1, 0.15) is 11.1 Å². The third-order valence-corrected chi connectivity index (χ3v) is 6.37. The van der Waals surface area contributed by atoms with Crippen LogP contribution in [0.2, 0.25) is 0 Å². The van der Waals surface area contributed by atoms with Gasteiger partial charge in [0.2, 0.25) is 5.52 Å². The van der Waals surface area contributed by atoms with Gasteiger partial charge < -0.3 is 28.9 Å². The maximum absolute atomic E-state index is 2.33. The Morgan fingerprint density at radius 3 is 2.41 bits per heavy atom. The number of halogens is 1. The first-order chi connectivity index (χ1) is 13.8. The molecule has 1 aromatic heterocycles. The minimum Gasteiger partial charge on any atom is -1.00 e. The highest BCUT2D eigenvalue weighted by molar-refractivity contribution is 8.03. The van der Waals surface area contributed by atoms with E-state index in [4.69, 9.17) is 0 Å². The van der Waals surface area contributed by atoms with E-state index in [0.717, 1.165) is 6.54 Å². The predicted octanol–water partition coefficient (Wildman–Crippen LogP) is 2.72. The first-order valence-corrected chi connectivity index (χ1v) is 10.3. The van der Waals surface area contributed by atoms with Crippen LogP contribution in [0.3, 0.4) is 0 Å². The molecule has 4 aromatic rings. The van der Waals surface area contributed by atoms with Crippen LogP contribution >= 0.6 is 11.8 Å². The van der Waals surface area contributed by atoms with Crippen LogP contribution in [-0.4, -0.2) is 7.05 Å². The van der Waals surface area contributed by atoms with Crippen molar-refractivity contribution in [2.45, 2.75) is 11.4 Å². The molecule has 0 aliphatic carbocycles. The second-order valence-electron chi connectivity index (χ2n) is 7.01. The predicted molar refractivity (Wildman–Crippen MR) is 118 cm³/mol. The molecule has 0 unspecified atom stereocenters. The first-order valence-electron chi connectivity index (χ1n) is 9.47. The smallest absolute Gasteiger partial charge is 0.213 e. The Labute approximate surface area is 192 Å². The molecule has 0 fully saturated rings. The summed E-state index contributed by atoms with van der Waals surface area (Å²) in [5.41, 5.74) is 5.09. The largest absolute Gasteiger partial charge is 1.00 e. The Kier molecular flexibility index (Phi) is 5.92. The summed E-state index contributed by atoms with van der Waals surface area (Å²) in [6.45, 7) is 0.873. The highest BCUT2D eigenvalue weighted by Gasteiger charge is 2.22. The molecule has 1 aliphatic rings. The van der Waals surface area contributed by atoms with Crippen LogP contribution in [-0.2, 0) is 6.54 Å². The number of hydrogen-bond donors (Lipinski definition) is 0. The van der Waals surface area contributed by atoms with Gasteiger partial charge in [-0.2, -0.15) is 4.57 Å². The average Bonchev–Trinajstić information content (AvgIpc) is 3.06. The molecule has 0 bridgehead atoms. The summed E-state index contributed by atoms with van der Waals surface area (Å²) in [5.74, 6) is 0. The standard InChI is InChI=1S/C25H21N2S.HI/c1-26-23-13-7-8-14-24(23)28-25(26)17-20-15-16-27(18-19-9-3-2-4-10-19)22-12-6-5-11-21(20)22;/h2-17H,18H2,1H3;1H/q+1;/p-1. The Morgan fingerprint density at radius 2 is 1.59 bits per heavy atom. The Hall–Kier alpha value is -2.31. The summed E-state index contributed by atoms with van der Waals surface area (Å²) in [5, 5.41) is 2.53. The van der Waals surface area contributed by atoms with Crippen molar-refractivity contribution in [2.24, 2.45) is 0 Å². The van der Waals surface area contributed by atoms with E-state index < -0.39 is 0 Å². The average molecular weight is 508 g/mol. The molecular formula is C25H21IN2S. The van der Waals surface area contributed by atoms with Gasteiger partial charge in [-0.05, 0) is 29.8 Å². The number of nitrogens with zero attached hydrogens (tertiary/aromatic N) is 2. The van der Waals surface area contributed by atoms with Crippen LogP contribution in [0.4, 0.5) is 5.69 Å². The quantitative estimate of drug-likeness (QED) is 0.311. The highest BCUT2D eigenvalue weighted by atomic mass is 127. The second-order valence-corrected chi connectivity index (χ2v) is 8.08. The lowest BCUT2D eigenvalue weighted by molar-refractivity contribution is -0.662. The van der Waals surface area contributed by atoms with Gasteiger partial charge in [-0.1, -0.05) is 66.4 Å². The fourth-order valence-electron chi connectivity index (χ4n) is 3.73.